The summed E-state index contributed by atoms with van der Waals surface area (Å²) >= 11 is 0. The Labute approximate surface area is 56.0 Å². The molecule has 0 saturated heterocycles. The third-order valence-electron chi connectivity index (χ3n) is 1.50. The lowest BCUT2D eigenvalue weighted by Crippen LogP contribution is -1.93. The molecule has 0 atom stereocenters. The Hall–Kier alpha value is -0.720. The second kappa shape index (κ2) is 2.26. The molecule has 0 amide bonds. The van der Waals surface area contributed by atoms with E-state index in [0.717, 1.165) is 5.57 Å². The molecular weight excluding hydrogens is 112 g/mol. The van der Waals surface area contributed by atoms with Gasteiger partial charge in [0.15, 0.2) is 0 Å². The molecule has 0 spiro atoms. The molecular formula is C8H12O. The van der Waals surface area contributed by atoms with Gasteiger partial charge in [-0.1, -0.05) is 20.4 Å². The quantitative estimate of drug-likeness (QED) is 0.520. The third-order valence-corrected chi connectivity index (χ3v) is 1.50. The van der Waals surface area contributed by atoms with Crippen LogP contribution in [0, 0.1) is 5.92 Å². The van der Waals surface area contributed by atoms with E-state index in [0.29, 0.717) is 12.5 Å². The average Bonchev–Trinajstić information content (AvgIpc) is 2.13. The minimum atomic E-state index is 0.556. The molecule has 50 valence electrons. The summed E-state index contributed by atoms with van der Waals surface area (Å²) in [6.45, 7) is 8.84. The smallest absolute Gasteiger partial charge is 0.112 e. The highest BCUT2D eigenvalue weighted by Crippen LogP contribution is 2.22. The van der Waals surface area contributed by atoms with Gasteiger partial charge in [0.1, 0.15) is 6.61 Å². The van der Waals surface area contributed by atoms with Crippen LogP contribution in [-0.2, 0) is 4.74 Å². The molecule has 1 heterocycles. The van der Waals surface area contributed by atoms with Gasteiger partial charge < -0.3 is 4.74 Å². The van der Waals surface area contributed by atoms with Crippen LogP contribution in [0.5, 0.6) is 0 Å². The largest absolute Gasteiger partial charge is 0.496 e. The fourth-order valence-corrected chi connectivity index (χ4v) is 0.943. The zero-order valence-electron chi connectivity index (χ0n) is 5.98. The van der Waals surface area contributed by atoms with Crippen LogP contribution in [0.25, 0.3) is 0 Å². The second-order valence-corrected chi connectivity index (χ2v) is 2.64. The van der Waals surface area contributed by atoms with Crippen LogP contribution in [0.2, 0.25) is 0 Å². The summed E-state index contributed by atoms with van der Waals surface area (Å²) in [5, 5.41) is 0. The summed E-state index contributed by atoms with van der Waals surface area (Å²) in [4.78, 5) is 0. The monoisotopic (exact) mass is 124 g/mol. The molecule has 0 aromatic rings. The minimum Gasteiger partial charge on any atom is -0.496 e. The number of hydrogen-bond acceptors (Lipinski definition) is 1. The maximum Gasteiger partial charge on any atom is 0.112 e. The van der Waals surface area contributed by atoms with E-state index >= 15 is 0 Å². The first-order chi connectivity index (χ1) is 4.22. The highest BCUT2D eigenvalue weighted by atomic mass is 16.5. The van der Waals surface area contributed by atoms with E-state index in [4.69, 9.17) is 4.74 Å². The minimum absolute atomic E-state index is 0.556. The van der Waals surface area contributed by atoms with E-state index in [1.807, 2.05) is 6.26 Å². The van der Waals surface area contributed by atoms with Crippen molar-refractivity contribution in [1.29, 1.82) is 0 Å². The van der Waals surface area contributed by atoms with Crippen molar-refractivity contribution in [2.24, 2.45) is 5.92 Å². The molecule has 1 heteroatoms. The van der Waals surface area contributed by atoms with Crippen molar-refractivity contribution >= 4 is 0 Å². The first kappa shape index (κ1) is 6.40. The maximum absolute atomic E-state index is 5.07. The van der Waals surface area contributed by atoms with Gasteiger partial charge in [-0.05, 0) is 17.1 Å². The molecule has 1 aliphatic heterocycles. The first-order valence-corrected chi connectivity index (χ1v) is 3.21. The lowest BCUT2D eigenvalue weighted by atomic mass is 10.00. The summed E-state index contributed by atoms with van der Waals surface area (Å²) in [6.07, 6.45) is 1.81. The predicted molar refractivity (Wildman–Crippen MR) is 38.0 cm³/mol. The van der Waals surface area contributed by atoms with Gasteiger partial charge in [-0.25, -0.2) is 0 Å². The fourth-order valence-electron chi connectivity index (χ4n) is 0.943. The van der Waals surface area contributed by atoms with Crippen LogP contribution in [0.3, 0.4) is 0 Å². The summed E-state index contributed by atoms with van der Waals surface area (Å²) < 4.78 is 5.07. The number of hydrogen-bond donors (Lipinski definition) is 0. The first-order valence-electron chi connectivity index (χ1n) is 3.21. The Balaban J connectivity index is 2.68. The topological polar surface area (TPSA) is 9.23 Å². The Bertz CT molecular complexity index is 154. The molecule has 0 N–H and O–H groups in total. The predicted octanol–water partition coefficient (Wildman–Crippen LogP) is 2.11. The van der Waals surface area contributed by atoms with Gasteiger partial charge >= 0.3 is 0 Å². The van der Waals surface area contributed by atoms with Crippen LogP contribution in [-0.4, -0.2) is 6.61 Å². The number of rotatable bonds is 1. The van der Waals surface area contributed by atoms with Crippen LogP contribution in [0.1, 0.15) is 13.8 Å². The maximum atomic E-state index is 5.07. The van der Waals surface area contributed by atoms with Gasteiger partial charge in [-0.2, -0.15) is 0 Å². The highest BCUT2D eigenvalue weighted by molar-refractivity contribution is 5.31. The molecule has 0 radical (unpaired) electrons. The van der Waals surface area contributed by atoms with Crippen LogP contribution < -0.4 is 0 Å². The van der Waals surface area contributed by atoms with Gasteiger partial charge in [0.05, 0.1) is 6.26 Å². The zero-order chi connectivity index (χ0) is 6.85. The third kappa shape index (κ3) is 1.15. The fraction of sp³-hybridized carbons (Fsp3) is 0.500. The molecule has 0 bridgehead atoms. The van der Waals surface area contributed by atoms with Gasteiger partial charge in [0.25, 0.3) is 0 Å². The molecule has 0 fully saturated rings. The summed E-state index contributed by atoms with van der Waals surface area (Å²) in [5.74, 6) is 0.556. The van der Waals surface area contributed by atoms with Crippen molar-refractivity contribution in [3.05, 3.63) is 24.0 Å². The van der Waals surface area contributed by atoms with Crippen LogP contribution in [0.15, 0.2) is 24.0 Å². The van der Waals surface area contributed by atoms with E-state index in [1.54, 1.807) is 0 Å². The summed E-state index contributed by atoms with van der Waals surface area (Å²) in [7, 11) is 0. The van der Waals surface area contributed by atoms with E-state index in [1.165, 1.54) is 5.57 Å². The molecule has 9 heavy (non-hydrogen) atoms. The molecule has 0 aromatic carbocycles. The van der Waals surface area contributed by atoms with E-state index < -0.39 is 0 Å². The van der Waals surface area contributed by atoms with Crippen molar-refractivity contribution < 1.29 is 4.74 Å². The van der Waals surface area contributed by atoms with E-state index in [2.05, 4.69) is 20.4 Å². The summed E-state index contributed by atoms with van der Waals surface area (Å²) in [6, 6.07) is 0. The zero-order valence-corrected chi connectivity index (χ0v) is 5.98. The standard InChI is InChI=1S/C8H12O/c1-6(2)8-5-9-4-7(8)3/h5-6H,3-4H2,1-2H3. The summed E-state index contributed by atoms with van der Waals surface area (Å²) in [5.41, 5.74) is 2.39. The van der Waals surface area contributed by atoms with Crippen LogP contribution in [0.4, 0.5) is 0 Å². The van der Waals surface area contributed by atoms with Crippen molar-refractivity contribution in [1.82, 2.24) is 0 Å². The SMILES string of the molecule is C=C1COC=C1C(C)C. The lowest BCUT2D eigenvalue weighted by Gasteiger charge is -2.03. The Morgan fingerprint density at radius 1 is 1.67 bits per heavy atom. The van der Waals surface area contributed by atoms with Crippen LogP contribution >= 0.6 is 0 Å². The van der Waals surface area contributed by atoms with Gasteiger partial charge in [0.2, 0.25) is 0 Å². The normalized spacial score (nSPS) is 18.1. The molecule has 0 saturated carbocycles. The lowest BCUT2D eigenvalue weighted by molar-refractivity contribution is 0.301. The molecule has 0 aromatic heterocycles. The van der Waals surface area contributed by atoms with Crippen molar-refractivity contribution in [2.45, 2.75) is 13.8 Å². The number of ether oxygens (including phenoxy) is 1. The van der Waals surface area contributed by atoms with Gasteiger partial charge in [-0.3, -0.25) is 0 Å². The van der Waals surface area contributed by atoms with E-state index in [-0.39, 0.29) is 0 Å². The van der Waals surface area contributed by atoms with Crippen molar-refractivity contribution in [2.75, 3.05) is 6.61 Å². The van der Waals surface area contributed by atoms with Crippen molar-refractivity contribution in [3.8, 4) is 0 Å². The molecule has 1 aliphatic rings. The average molecular weight is 124 g/mol. The highest BCUT2D eigenvalue weighted by Gasteiger charge is 2.12. The van der Waals surface area contributed by atoms with Gasteiger partial charge in [0, 0.05) is 0 Å². The molecule has 1 nitrogen and oxygen atoms in total. The molecule has 0 aliphatic carbocycles. The van der Waals surface area contributed by atoms with Crippen molar-refractivity contribution in [3.63, 3.8) is 0 Å². The Morgan fingerprint density at radius 3 is 2.56 bits per heavy atom. The Kier molecular flexibility index (Phi) is 1.60. The Morgan fingerprint density at radius 2 is 2.33 bits per heavy atom. The van der Waals surface area contributed by atoms with E-state index in [9.17, 15) is 0 Å². The van der Waals surface area contributed by atoms with Gasteiger partial charge in [-0.15, -0.1) is 0 Å². The molecule has 0 unspecified atom stereocenters. The molecule has 1 rings (SSSR count). The second-order valence-electron chi connectivity index (χ2n) is 2.64.